The van der Waals surface area contributed by atoms with Gasteiger partial charge in [0.2, 0.25) is 0 Å². The molecule has 114 valence electrons. The number of nitrogens with one attached hydrogen (secondary N) is 2. The van der Waals surface area contributed by atoms with Crippen molar-refractivity contribution in [2.24, 2.45) is 10.9 Å². The molecule has 0 aromatic carbocycles. The van der Waals surface area contributed by atoms with Gasteiger partial charge in [-0.2, -0.15) is 0 Å². The molecule has 0 saturated heterocycles. The highest BCUT2D eigenvalue weighted by Crippen LogP contribution is 2.10. The van der Waals surface area contributed by atoms with Crippen molar-refractivity contribution in [2.75, 3.05) is 20.1 Å². The summed E-state index contributed by atoms with van der Waals surface area (Å²) in [6.07, 6.45) is 10.7. The van der Waals surface area contributed by atoms with Crippen LogP contribution in [0.3, 0.4) is 0 Å². The Balaban J connectivity index is 2.21. The zero-order valence-corrected chi connectivity index (χ0v) is 13.1. The fourth-order valence-electron chi connectivity index (χ4n) is 2.13. The maximum atomic E-state index is 4.26. The van der Waals surface area contributed by atoms with E-state index in [2.05, 4.69) is 39.0 Å². The van der Waals surface area contributed by atoms with Crippen LogP contribution in [0.4, 0.5) is 0 Å². The number of aromatic nitrogens is 2. The smallest absolute Gasteiger partial charge is 0.191 e. The van der Waals surface area contributed by atoms with Gasteiger partial charge in [-0.1, -0.05) is 33.1 Å². The Labute approximate surface area is 122 Å². The number of imidazole rings is 1. The molecule has 5 heteroatoms. The molecule has 0 amide bonds. The Morgan fingerprint density at radius 3 is 2.80 bits per heavy atom. The number of guanidine groups is 1. The van der Waals surface area contributed by atoms with Gasteiger partial charge in [0, 0.05) is 39.1 Å². The van der Waals surface area contributed by atoms with Gasteiger partial charge in [0.15, 0.2) is 5.96 Å². The molecule has 1 aromatic heterocycles. The highest BCUT2D eigenvalue weighted by atomic mass is 15.2. The zero-order valence-electron chi connectivity index (χ0n) is 13.1. The van der Waals surface area contributed by atoms with Crippen LogP contribution in [-0.4, -0.2) is 35.6 Å². The molecule has 0 aliphatic rings. The normalized spacial score (nSPS) is 13.2. The Hall–Kier alpha value is -1.52. The van der Waals surface area contributed by atoms with E-state index in [1.165, 1.54) is 25.7 Å². The number of unbranched alkanes of at least 4 members (excludes halogenated alkanes) is 1. The van der Waals surface area contributed by atoms with E-state index in [9.17, 15) is 0 Å². The molecule has 1 atom stereocenters. The van der Waals surface area contributed by atoms with E-state index in [0.717, 1.165) is 31.5 Å². The molecule has 1 rings (SSSR count). The van der Waals surface area contributed by atoms with Crippen LogP contribution >= 0.6 is 0 Å². The monoisotopic (exact) mass is 279 g/mol. The summed E-state index contributed by atoms with van der Waals surface area (Å²) in [7, 11) is 1.82. The molecule has 0 radical (unpaired) electrons. The number of rotatable bonds is 9. The maximum Gasteiger partial charge on any atom is 0.191 e. The summed E-state index contributed by atoms with van der Waals surface area (Å²) in [6.45, 7) is 7.25. The fraction of sp³-hybridized carbons (Fsp3) is 0.733. The molecule has 1 aromatic rings. The fourth-order valence-corrected chi connectivity index (χ4v) is 2.13. The highest BCUT2D eigenvalue weighted by molar-refractivity contribution is 5.79. The first-order chi connectivity index (χ1) is 9.80. The van der Waals surface area contributed by atoms with E-state index in [1.54, 1.807) is 6.20 Å². The molecule has 5 nitrogen and oxygen atoms in total. The summed E-state index contributed by atoms with van der Waals surface area (Å²) in [5.41, 5.74) is 0. The predicted octanol–water partition coefficient (Wildman–Crippen LogP) is 2.26. The van der Waals surface area contributed by atoms with Crippen LogP contribution in [0.5, 0.6) is 0 Å². The number of nitrogens with zero attached hydrogens (tertiary/aromatic N) is 3. The summed E-state index contributed by atoms with van der Waals surface area (Å²) < 4.78 is 2.05. The summed E-state index contributed by atoms with van der Waals surface area (Å²) in [6, 6.07) is 0. The summed E-state index contributed by atoms with van der Waals surface area (Å²) in [5.74, 6) is 1.63. The maximum absolute atomic E-state index is 4.26. The van der Waals surface area contributed by atoms with Crippen molar-refractivity contribution in [3.8, 4) is 0 Å². The Morgan fingerprint density at radius 2 is 2.20 bits per heavy atom. The average Bonchev–Trinajstić information content (AvgIpc) is 2.98. The van der Waals surface area contributed by atoms with E-state index < -0.39 is 0 Å². The summed E-state index contributed by atoms with van der Waals surface area (Å²) >= 11 is 0. The third-order valence-corrected chi connectivity index (χ3v) is 3.55. The molecular formula is C15H29N5. The van der Waals surface area contributed by atoms with E-state index in [-0.39, 0.29) is 0 Å². The van der Waals surface area contributed by atoms with Crippen molar-refractivity contribution in [1.82, 2.24) is 20.2 Å². The van der Waals surface area contributed by atoms with E-state index >= 15 is 0 Å². The lowest BCUT2D eigenvalue weighted by atomic mass is 9.99. The topological polar surface area (TPSA) is 54.2 Å². The van der Waals surface area contributed by atoms with Crippen LogP contribution in [-0.2, 0) is 6.54 Å². The quantitative estimate of drug-likeness (QED) is 0.538. The van der Waals surface area contributed by atoms with Crippen molar-refractivity contribution < 1.29 is 0 Å². The SMILES string of the molecule is CCCCC(CC)CNC(=NC)NCCn1ccnc1. The van der Waals surface area contributed by atoms with Crippen LogP contribution in [0.2, 0.25) is 0 Å². The summed E-state index contributed by atoms with van der Waals surface area (Å²) in [5, 5.41) is 6.76. The van der Waals surface area contributed by atoms with Crippen molar-refractivity contribution in [2.45, 2.75) is 46.1 Å². The Morgan fingerprint density at radius 1 is 1.35 bits per heavy atom. The molecular weight excluding hydrogens is 250 g/mol. The number of aliphatic imine (C=N–C) groups is 1. The van der Waals surface area contributed by atoms with Crippen LogP contribution in [0.25, 0.3) is 0 Å². The minimum Gasteiger partial charge on any atom is -0.356 e. The first kappa shape index (κ1) is 16.5. The summed E-state index contributed by atoms with van der Waals surface area (Å²) in [4.78, 5) is 8.29. The lowest BCUT2D eigenvalue weighted by Gasteiger charge is -2.18. The van der Waals surface area contributed by atoms with Gasteiger partial charge in [0.25, 0.3) is 0 Å². The lowest BCUT2D eigenvalue weighted by Crippen LogP contribution is -2.40. The van der Waals surface area contributed by atoms with Gasteiger partial charge >= 0.3 is 0 Å². The van der Waals surface area contributed by atoms with Crippen molar-refractivity contribution >= 4 is 5.96 Å². The first-order valence-corrected chi connectivity index (χ1v) is 7.70. The molecule has 0 fully saturated rings. The van der Waals surface area contributed by atoms with E-state index in [4.69, 9.17) is 0 Å². The largest absolute Gasteiger partial charge is 0.356 e. The highest BCUT2D eigenvalue weighted by Gasteiger charge is 2.06. The van der Waals surface area contributed by atoms with Crippen LogP contribution in [0.1, 0.15) is 39.5 Å². The van der Waals surface area contributed by atoms with Crippen LogP contribution in [0, 0.1) is 5.92 Å². The van der Waals surface area contributed by atoms with Gasteiger partial charge in [-0.25, -0.2) is 4.98 Å². The Kier molecular flexibility index (Phi) is 8.51. The molecule has 0 bridgehead atoms. The predicted molar refractivity (Wildman–Crippen MR) is 84.9 cm³/mol. The molecule has 0 saturated carbocycles. The van der Waals surface area contributed by atoms with E-state index in [1.807, 2.05) is 19.6 Å². The minimum atomic E-state index is 0.738. The third-order valence-electron chi connectivity index (χ3n) is 3.55. The molecule has 1 heterocycles. The minimum absolute atomic E-state index is 0.738. The molecule has 0 aliphatic heterocycles. The van der Waals surface area contributed by atoms with Gasteiger partial charge in [-0.15, -0.1) is 0 Å². The second-order valence-electron chi connectivity index (χ2n) is 5.10. The molecule has 20 heavy (non-hydrogen) atoms. The van der Waals surface area contributed by atoms with Crippen LogP contribution in [0.15, 0.2) is 23.7 Å². The number of hydrogen-bond acceptors (Lipinski definition) is 2. The third kappa shape index (κ3) is 6.59. The standard InChI is InChI=1S/C15H29N5/c1-4-6-7-14(5-2)12-19-15(16-3)18-9-11-20-10-8-17-13-20/h8,10,13-14H,4-7,9,11-12H2,1-3H3,(H2,16,18,19). The van der Waals surface area contributed by atoms with Gasteiger partial charge in [0.1, 0.15) is 0 Å². The van der Waals surface area contributed by atoms with Gasteiger partial charge in [-0.3, -0.25) is 4.99 Å². The molecule has 2 N–H and O–H groups in total. The average molecular weight is 279 g/mol. The van der Waals surface area contributed by atoms with Crippen molar-refractivity contribution in [3.05, 3.63) is 18.7 Å². The second kappa shape index (κ2) is 10.3. The van der Waals surface area contributed by atoms with Gasteiger partial charge < -0.3 is 15.2 Å². The molecule has 0 spiro atoms. The lowest BCUT2D eigenvalue weighted by molar-refractivity contribution is 0.443. The van der Waals surface area contributed by atoms with Crippen LogP contribution < -0.4 is 10.6 Å². The van der Waals surface area contributed by atoms with Crippen molar-refractivity contribution in [1.29, 1.82) is 0 Å². The zero-order chi connectivity index (χ0) is 14.6. The van der Waals surface area contributed by atoms with Gasteiger partial charge in [-0.05, 0) is 12.3 Å². The van der Waals surface area contributed by atoms with Crippen molar-refractivity contribution in [3.63, 3.8) is 0 Å². The Bertz CT molecular complexity index is 358. The first-order valence-electron chi connectivity index (χ1n) is 7.70. The molecule has 0 aliphatic carbocycles. The second-order valence-corrected chi connectivity index (χ2v) is 5.10. The number of hydrogen-bond donors (Lipinski definition) is 2. The van der Waals surface area contributed by atoms with E-state index in [0.29, 0.717) is 0 Å². The molecule has 1 unspecified atom stereocenters. The van der Waals surface area contributed by atoms with Gasteiger partial charge in [0.05, 0.1) is 6.33 Å².